The van der Waals surface area contributed by atoms with Crippen molar-refractivity contribution >= 4 is 10.2 Å². The summed E-state index contributed by atoms with van der Waals surface area (Å²) in [5.74, 6) is 1.72. The second-order valence-electron chi connectivity index (χ2n) is 6.99. The third-order valence-electron chi connectivity index (χ3n) is 5.21. The molecule has 1 saturated carbocycles. The van der Waals surface area contributed by atoms with Crippen molar-refractivity contribution in [3.05, 3.63) is 35.7 Å². The maximum Gasteiger partial charge on any atom is 0.349 e. The molecule has 26 heavy (non-hydrogen) atoms. The first-order valence-electron chi connectivity index (χ1n) is 8.98. The van der Waals surface area contributed by atoms with Crippen LogP contribution in [0.25, 0.3) is 0 Å². The van der Waals surface area contributed by atoms with Gasteiger partial charge in [-0.3, -0.25) is 4.90 Å². The van der Waals surface area contributed by atoms with E-state index in [1.807, 2.05) is 0 Å². The number of piperidine rings is 1. The Hall–Kier alpha value is -1.87. The van der Waals surface area contributed by atoms with Gasteiger partial charge in [-0.2, -0.15) is 8.42 Å². The number of halogens is 1. The van der Waals surface area contributed by atoms with Crippen molar-refractivity contribution in [2.75, 3.05) is 6.54 Å². The van der Waals surface area contributed by atoms with Gasteiger partial charge >= 0.3 is 10.2 Å². The second-order valence-corrected chi connectivity index (χ2v) is 8.29. The fourth-order valence-corrected chi connectivity index (χ4v) is 4.02. The summed E-state index contributed by atoms with van der Waals surface area (Å²) < 4.78 is 41.3. The van der Waals surface area contributed by atoms with Gasteiger partial charge in [0.1, 0.15) is 0 Å². The summed E-state index contributed by atoms with van der Waals surface area (Å²) in [6, 6.07) is 4.36. The molecule has 1 atom stereocenters. The van der Waals surface area contributed by atoms with Crippen molar-refractivity contribution in [2.45, 2.75) is 62.1 Å². The highest BCUT2D eigenvalue weighted by Gasteiger charge is 2.31. The van der Waals surface area contributed by atoms with E-state index in [9.17, 15) is 12.3 Å². The van der Waals surface area contributed by atoms with E-state index >= 15 is 0 Å². The molecule has 0 spiro atoms. The predicted octanol–water partition coefficient (Wildman–Crippen LogP) is 3.12. The molecule has 2 fully saturated rings. The van der Waals surface area contributed by atoms with Crippen LogP contribution in [0.2, 0.25) is 0 Å². The van der Waals surface area contributed by atoms with E-state index in [1.165, 1.54) is 12.5 Å². The lowest BCUT2D eigenvalue weighted by Crippen LogP contribution is -2.33. The van der Waals surface area contributed by atoms with E-state index in [2.05, 4.69) is 20.1 Å². The van der Waals surface area contributed by atoms with E-state index in [-0.39, 0.29) is 6.04 Å². The van der Waals surface area contributed by atoms with Crippen LogP contribution in [0.4, 0.5) is 3.89 Å². The second kappa shape index (κ2) is 7.03. The zero-order chi connectivity index (χ0) is 18.1. The molecule has 1 aliphatic carbocycles. The Labute approximate surface area is 151 Å². The van der Waals surface area contributed by atoms with Gasteiger partial charge in [0, 0.05) is 12.5 Å². The summed E-state index contributed by atoms with van der Waals surface area (Å²) in [5, 5.41) is 7.92. The molecule has 3 heterocycles. The minimum atomic E-state index is -4.81. The molecule has 140 valence electrons. The maximum absolute atomic E-state index is 13.2. The van der Waals surface area contributed by atoms with Gasteiger partial charge < -0.3 is 4.42 Å². The van der Waals surface area contributed by atoms with E-state index in [0.29, 0.717) is 24.0 Å². The summed E-state index contributed by atoms with van der Waals surface area (Å²) in [4.78, 5) is 6.10. The Morgan fingerprint density at radius 1 is 1.12 bits per heavy atom. The van der Waals surface area contributed by atoms with Crippen LogP contribution in [0.1, 0.15) is 68.0 Å². The molecule has 0 amide bonds. The molecule has 9 heteroatoms. The zero-order valence-electron chi connectivity index (χ0n) is 14.3. The Kier molecular flexibility index (Phi) is 4.74. The topological polar surface area (TPSA) is 89.2 Å². The first-order chi connectivity index (χ1) is 12.5. The number of nitrogens with zero attached hydrogens (tertiary/aromatic N) is 4. The van der Waals surface area contributed by atoms with E-state index in [0.717, 1.165) is 50.6 Å². The normalized spacial score (nSPS) is 22.3. The van der Waals surface area contributed by atoms with Crippen LogP contribution in [0.3, 0.4) is 0 Å². The maximum atomic E-state index is 13.2. The molecule has 1 saturated heterocycles. The van der Waals surface area contributed by atoms with Crippen molar-refractivity contribution in [2.24, 2.45) is 0 Å². The first kappa shape index (κ1) is 17.5. The molecule has 0 aromatic carbocycles. The smallest absolute Gasteiger partial charge is 0.349 e. The lowest BCUT2D eigenvalue weighted by molar-refractivity contribution is 0.113. The highest BCUT2D eigenvalue weighted by Crippen LogP contribution is 2.37. The Bertz CT molecular complexity index is 882. The monoisotopic (exact) mass is 380 g/mol. The van der Waals surface area contributed by atoms with Crippen molar-refractivity contribution in [3.63, 3.8) is 0 Å². The first-order valence-corrected chi connectivity index (χ1v) is 10.4. The third-order valence-corrected chi connectivity index (χ3v) is 5.93. The van der Waals surface area contributed by atoms with Crippen molar-refractivity contribution in [1.82, 2.24) is 20.1 Å². The lowest BCUT2D eigenvalue weighted by Gasteiger charge is -2.33. The number of rotatable bonds is 5. The fraction of sp³-hybridized carbons (Fsp3) is 0.588. The van der Waals surface area contributed by atoms with E-state index in [4.69, 9.17) is 4.42 Å². The molecule has 0 N–H and O–H groups in total. The van der Waals surface area contributed by atoms with Crippen LogP contribution in [0, 0.1) is 0 Å². The summed E-state index contributed by atoms with van der Waals surface area (Å²) in [6.07, 6.45) is 6.40. The Balaban J connectivity index is 1.53. The van der Waals surface area contributed by atoms with Crippen LogP contribution >= 0.6 is 0 Å². The van der Waals surface area contributed by atoms with Gasteiger partial charge in [0.15, 0.2) is 5.03 Å². The third kappa shape index (κ3) is 3.64. The van der Waals surface area contributed by atoms with Crippen molar-refractivity contribution in [1.29, 1.82) is 0 Å². The number of aromatic nitrogens is 3. The summed E-state index contributed by atoms with van der Waals surface area (Å²) in [5.41, 5.74) is 0.509. The average molecular weight is 380 g/mol. The number of hydrogen-bond donors (Lipinski definition) is 0. The van der Waals surface area contributed by atoms with Gasteiger partial charge in [-0.15, -0.1) is 10.2 Å². The van der Waals surface area contributed by atoms with Gasteiger partial charge in [0.05, 0.1) is 11.7 Å². The number of likely N-dealkylation sites (tertiary alicyclic amines) is 1. The molecule has 2 aromatic rings. The van der Waals surface area contributed by atoms with Crippen LogP contribution in [0.5, 0.6) is 0 Å². The fourth-order valence-electron chi connectivity index (χ4n) is 3.55. The Morgan fingerprint density at radius 3 is 2.65 bits per heavy atom. The molecule has 2 aliphatic rings. The molecule has 1 unspecified atom stereocenters. The molecule has 0 radical (unpaired) electrons. The van der Waals surface area contributed by atoms with Crippen LogP contribution in [-0.4, -0.2) is 35.0 Å². The van der Waals surface area contributed by atoms with Crippen LogP contribution in [0.15, 0.2) is 27.6 Å². The summed E-state index contributed by atoms with van der Waals surface area (Å²) in [7, 11) is -4.81. The molecule has 0 bridgehead atoms. The predicted molar refractivity (Wildman–Crippen MR) is 90.4 cm³/mol. The SMILES string of the molecule is O=S(=O)(F)c1cccc(CN2CCCCC2c2nnc(C3CCC3)o2)n1. The van der Waals surface area contributed by atoms with Gasteiger partial charge in [-0.05, 0) is 44.4 Å². The Morgan fingerprint density at radius 2 is 1.92 bits per heavy atom. The lowest BCUT2D eigenvalue weighted by atomic mass is 9.85. The highest BCUT2D eigenvalue weighted by molar-refractivity contribution is 7.86. The summed E-state index contributed by atoms with van der Waals surface area (Å²) in [6.45, 7) is 1.23. The molecule has 4 rings (SSSR count). The zero-order valence-corrected chi connectivity index (χ0v) is 15.2. The summed E-state index contributed by atoms with van der Waals surface area (Å²) >= 11 is 0. The van der Waals surface area contributed by atoms with Gasteiger partial charge in [-0.25, -0.2) is 4.98 Å². The van der Waals surface area contributed by atoms with Crippen molar-refractivity contribution < 1.29 is 16.7 Å². The number of pyridine rings is 1. The largest absolute Gasteiger partial charge is 0.423 e. The van der Waals surface area contributed by atoms with E-state index in [1.54, 1.807) is 6.07 Å². The molecule has 2 aromatic heterocycles. The van der Waals surface area contributed by atoms with Crippen molar-refractivity contribution in [3.8, 4) is 0 Å². The molecular weight excluding hydrogens is 359 g/mol. The van der Waals surface area contributed by atoms with Crippen LogP contribution < -0.4 is 0 Å². The van der Waals surface area contributed by atoms with Gasteiger partial charge in [-0.1, -0.05) is 22.8 Å². The molecule has 7 nitrogen and oxygen atoms in total. The van der Waals surface area contributed by atoms with Gasteiger partial charge in [0.25, 0.3) is 0 Å². The minimum absolute atomic E-state index is 0.0162. The number of hydrogen-bond acceptors (Lipinski definition) is 7. The average Bonchev–Trinajstić information content (AvgIpc) is 3.02. The van der Waals surface area contributed by atoms with E-state index < -0.39 is 15.2 Å². The highest BCUT2D eigenvalue weighted by atomic mass is 32.3. The van der Waals surface area contributed by atoms with Crippen LogP contribution in [-0.2, 0) is 16.8 Å². The quantitative estimate of drug-likeness (QED) is 0.736. The standard InChI is InChI=1S/C17H21FN4O3S/c18-26(23,24)15-9-4-7-13(19-15)11-22-10-2-1-8-14(22)17-21-20-16(25-17)12-5-3-6-12/h4,7,9,12,14H,1-3,5-6,8,10-11H2. The minimum Gasteiger partial charge on any atom is -0.423 e. The molecule has 1 aliphatic heterocycles. The molecular formula is C17H21FN4O3S. The van der Waals surface area contributed by atoms with Gasteiger partial charge in [0.2, 0.25) is 11.8 Å².